The van der Waals surface area contributed by atoms with Crippen molar-refractivity contribution in [2.45, 2.75) is 26.8 Å². The highest BCUT2D eigenvalue weighted by Gasteiger charge is 2.16. The number of fused-ring (bicyclic) bond motifs is 1. The lowest BCUT2D eigenvalue weighted by Crippen LogP contribution is -2.01. The molecule has 2 rings (SSSR count). The summed E-state index contributed by atoms with van der Waals surface area (Å²) in [5, 5.41) is 0.951. The molecule has 0 aliphatic heterocycles. The summed E-state index contributed by atoms with van der Waals surface area (Å²) in [5.41, 5.74) is 7.33. The quantitative estimate of drug-likeness (QED) is 0.931. The topological polar surface area (TPSA) is 39.2 Å². The van der Waals surface area contributed by atoms with Crippen molar-refractivity contribution in [3.05, 3.63) is 33.7 Å². The largest absolute Gasteiger partial charge is 0.459 e. The van der Waals surface area contributed by atoms with E-state index >= 15 is 0 Å². The zero-order valence-electron chi connectivity index (χ0n) is 9.89. The number of benzene rings is 1. The maximum atomic E-state index is 13.4. The summed E-state index contributed by atoms with van der Waals surface area (Å²) in [4.78, 5) is 0. The molecule has 2 N–H and O–H groups in total. The molecule has 2 aromatic rings. The summed E-state index contributed by atoms with van der Waals surface area (Å²) in [5.74, 6) is 0.946. The number of nitrogens with two attached hydrogens (primary N) is 1. The lowest BCUT2D eigenvalue weighted by molar-refractivity contribution is 0.532. The summed E-state index contributed by atoms with van der Waals surface area (Å²) in [6.45, 7) is 4.62. The van der Waals surface area contributed by atoms with Crippen LogP contribution in [0.25, 0.3) is 11.0 Å². The number of rotatable bonds is 3. The fourth-order valence-electron chi connectivity index (χ4n) is 1.99. The zero-order chi connectivity index (χ0) is 12.6. The van der Waals surface area contributed by atoms with Gasteiger partial charge in [0.2, 0.25) is 0 Å². The number of hydrogen-bond acceptors (Lipinski definition) is 2. The van der Waals surface area contributed by atoms with Gasteiger partial charge in [-0.2, -0.15) is 0 Å². The predicted molar refractivity (Wildman–Crippen MR) is 70.3 cm³/mol. The first-order chi connectivity index (χ1) is 8.02. The highest BCUT2D eigenvalue weighted by atomic mass is 79.9. The van der Waals surface area contributed by atoms with Crippen molar-refractivity contribution in [1.82, 2.24) is 0 Å². The molecule has 0 aliphatic rings. The predicted octanol–water partition coefficient (Wildman–Crippen LogP) is 3.99. The van der Waals surface area contributed by atoms with E-state index in [1.807, 2.05) is 0 Å². The van der Waals surface area contributed by atoms with Crippen LogP contribution in [0.15, 0.2) is 21.0 Å². The van der Waals surface area contributed by atoms with Gasteiger partial charge < -0.3 is 10.2 Å². The highest BCUT2D eigenvalue weighted by molar-refractivity contribution is 9.10. The fraction of sp³-hybridized carbons (Fsp3) is 0.385. The molecule has 0 unspecified atom stereocenters. The van der Waals surface area contributed by atoms with Gasteiger partial charge in [-0.25, -0.2) is 4.39 Å². The van der Waals surface area contributed by atoms with Gasteiger partial charge in [0.05, 0.1) is 11.0 Å². The van der Waals surface area contributed by atoms with E-state index in [4.69, 9.17) is 10.2 Å². The van der Waals surface area contributed by atoms with Crippen LogP contribution in [-0.2, 0) is 13.0 Å². The van der Waals surface area contributed by atoms with Crippen molar-refractivity contribution in [1.29, 1.82) is 0 Å². The molecule has 0 atom stereocenters. The molecular formula is C13H15BrFNO. The molecule has 0 fully saturated rings. The summed E-state index contributed by atoms with van der Waals surface area (Å²) < 4.78 is 19.5. The SMILES string of the molecule is CC(C)Cc1c(CN)oc2cc(F)c(Br)cc12. The first-order valence-electron chi connectivity index (χ1n) is 5.62. The standard InChI is InChI=1S/C13H15BrFNO/c1-7(2)3-8-9-4-10(14)11(15)5-12(9)17-13(8)6-16/h4-5,7H,3,6,16H2,1-2H3. The van der Waals surface area contributed by atoms with E-state index in [2.05, 4.69) is 29.8 Å². The van der Waals surface area contributed by atoms with Crippen LogP contribution in [0.2, 0.25) is 0 Å². The van der Waals surface area contributed by atoms with Crippen LogP contribution in [0.4, 0.5) is 4.39 Å². The third-order valence-corrected chi connectivity index (χ3v) is 3.32. The van der Waals surface area contributed by atoms with Gasteiger partial charge in [0.1, 0.15) is 17.2 Å². The average molecular weight is 300 g/mol. The average Bonchev–Trinajstić information content (AvgIpc) is 2.57. The second-order valence-corrected chi connectivity index (χ2v) is 5.42. The van der Waals surface area contributed by atoms with Crippen molar-refractivity contribution in [3.63, 3.8) is 0 Å². The Hall–Kier alpha value is -0.870. The van der Waals surface area contributed by atoms with Crippen molar-refractivity contribution < 1.29 is 8.81 Å². The van der Waals surface area contributed by atoms with Gasteiger partial charge >= 0.3 is 0 Å². The Morgan fingerprint density at radius 2 is 2.12 bits per heavy atom. The normalized spacial score (nSPS) is 11.6. The van der Waals surface area contributed by atoms with E-state index in [0.29, 0.717) is 22.5 Å². The molecule has 0 saturated carbocycles. The van der Waals surface area contributed by atoms with E-state index in [1.54, 1.807) is 6.07 Å². The minimum absolute atomic E-state index is 0.314. The maximum Gasteiger partial charge on any atom is 0.141 e. The third-order valence-electron chi connectivity index (χ3n) is 2.72. The number of halogens is 2. The first kappa shape index (κ1) is 12.6. The van der Waals surface area contributed by atoms with E-state index in [-0.39, 0.29) is 5.82 Å². The van der Waals surface area contributed by atoms with E-state index in [9.17, 15) is 4.39 Å². The minimum atomic E-state index is -0.314. The Balaban J connectivity index is 2.65. The van der Waals surface area contributed by atoms with Crippen LogP contribution in [0.1, 0.15) is 25.2 Å². The monoisotopic (exact) mass is 299 g/mol. The molecule has 1 heterocycles. The third kappa shape index (κ3) is 2.38. The molecule has 0 saturated heterocycles. The molecular weight excluding hydrogens is 285 g/mol. The Morgan fingerprint density at radius 3 is 2.71 bits per heavy atom. The van der Waals surface area contributed by atoms with Gasteiger partial charge in [-0.15, -0.1) is 0 Å². The molecule has 0 amide bonds. The lowest BCUT2D eigenvalue weighted by Gasteiger charge is -2.04. The van der Waals surface area contributed by atoms with Gasteiger partial charge in [0.25, 0.3) is 0 Å². The molecule has 92 valence electrons. The second kappa shape index (κ2) is 4.78. The van der Waals surface area contributed by atoms with Crippen LogP contribution in [0.3, 0.4) is 0 Å². The molecule has 0 aliphatic carbocycles. The summed E-state index contributed by atoms with van der Waals surface area (Å²) >= 11 is 3.20. The smallest absolute Gasteiger partial charge is 0.141 e. The molecule has 0 radical (unpaired) electrons. The van der Waals surface area contributed by atoms with Crippen molar-refractivity contribution >= 4 is 26.9 Å². The Kier molecular flexibility index (Phi) is 3.54. The molecule has 2 nitrogen and oxygen atoms in total. The van der Waals surface area contributed by atoms with Crippen LogP contribution in [0.5, 0.6) is 0 Å². The van der Waals surface area contributed by atoms with Crippen LogP contribution >= 0.6 is 15.9 Å². The highest BCUT2D eigenvalue weighted by Crippen LogP contribution is 2.31. The molecule has 1 aromatic heterocycles. The summed E-state index contributed by atoms with van der Waals surface area (Å²) in [7, 11) is 0. The van der Waals surface area contributed by atoms with Gasteiger partial charge in [-0.3, -0.25) is 0 Å². The molecule has 4 heteroatoms. The van der Waals surface area contributed by atoms with E-state index in [1.165, 1.54) is 6.07 Å². The Labute approximate surface area is 108 Å². The fourth-order valence-corrected chi connectivity index (χ4v) is 2.33. The van der Waals surface area contributed by atoms with Gasteiger partial charge in [-0.05, 0) is 34.3 Å². The molecule has 1 aromatic carbocycles. The molecule has 0 spiro atoms. The Bertz CT molecular complexity index is 548. The number of furan rings is 1. The van der Waals surface area contributed by atoms with Gasteiger partial charge in [0, 0.05) is 17.0 Å². The first-order valence-corrected chi connectivity index (χ1v) is 6.41. The van der Waals surface area contributed by atoms with E-state index < -0.39 is 0 Å². The molecule has 17 heavy (non-hydrogen) atoms. The van der Waals surface area contributed by atoms with Crippen LogP contribution < -0.4 is 5.73 Å². The van der Waals surface area contributed by atoms with Crippen LogP contribution in [-0.4, -0.2) is 0 Å². The summed E-state index contributed by atoms with van der Waals surface area (Å²) in [6.07, 6.45) is 0.887. The lowest BCUT2D eigenvalue weighted by atomic mass is 10.00. The van der Waals surface area contributed by atoms with Crippen molar-refractivity contribution in [2.75, 3.05) is 0 Å². The van der Waals surface area contributed by atoms with Crippen molar-refractivity contribution in [3.8, 4) is 0 Å². The summed E-state index contributed by atoms with van der Waals surface area (Å²) in [6, 6.07) is 3.17. The minimum Gasteiger partial charge on any atom is -0.459 e. The second-order valence-electron chi connectivity index (χ2n) is 4.57. The van der Waals surface area contributed by atoms with E-state index in [0.717, 1.165) is 23.1 Å². The van der Waals surface area contributed by atoms with Gasteiger partial charge in [-0.1, -0.05) is 13.8 Å². The zero-order valence-corrected chi connectivity index (χ0v) is 11.5. The van der Waals surface area contributed by atoms with Crippen LogP contribution in [0, 0.1) is 11.7 Å². The maximum absolute atomic E-state index is 13.4. The van der Waals surface area contributed by atoms with Crippen molar-refractivity contribution in [2.24, 2.45) is 11.7 Å². The van der Waals surface area contributed by atoms with Gasteiger partial charge in [0.15, 0.2) is 0 Å². The number of hydrogen-bond donors (Lipinski definition) is 1. The Morgan fingerprint density at radius 1 is 1.41 bits per heavy atom. The molecule has 0 bridgehead atoms.